The summed E-state index contributed by atoms with van der Waals surface area (Å²) in [6, 6.07) is 2.91. The molecule has 2 N–H and O–H groups in total. The maximum atomic E-state index is 11.7. The molecule has 1 aromatic heterocycles. The van der Waals surface area contributed by atoms with Gasteiger partial charge in [-0.25, -0.2) is 4.79 Å². The van der Waals surface area contributed by atoms with E-state index in [0.29, 0.717) is 17.3 Å². The summed E-state index contributed by atoms with van der Waals surface area (Å²) in [5.74, 6) is -1.51. The lowest BCUT2D eigenvalue weighted by molar-refractivity contribution is -0.143. The molecule has 1 aliphatic carbocycles. The van der Waals surface area contributed by atoms with Crippen molar-refractivity contribution in [1.29, 1.82) is 0 Å². The Hall–Kier alpha value is -1.63. The number of aliphatic carboxylic acids is 1. The normalized spacial score (nSPS) is 16.1. The standard InChI is InChI=1S/C11H11BrN2O4/c12-7-1-2-9(16)14(5-7)6-8(15)13-11(3-4-11)10(17)18/h1-2,5H,3-4,6H2,(H,13,15)(H,17,18). The molecule has 1 saturated carbocycles. The van der Waals surface area contributed by atoms with Gasteiger partial charge in [0.15, 0.2) is 0 Å². The molecule has 1 heterocycles. The molecule has 0 radical (unpaired) electrons. The van der Waals surface area contributed by atoms with Crippen molar-refractivity contribution in [3.63, 3.8) is 0 Å². The van der Waals surface area contributed by atoms with Gasteiger partial charge in [-0.2, -0.15) is 0 Å². The number of hydrogen-bond acceptors (Lipinski definition) is 3. The highest BCUT2D eigenvalue weighted by Crippen LogP contribution is 2.35. The molecular formula is C11H11BrN2O4. The van der Waals surface area contributed by atoms with Crippen LogP contribution in [-0.4, -0.2) is 27.1 Å². The van der Waals surface area contributed by atoms with Gasteiger partial charge in [0, 0.05) is 16.7 Å². The fourth-order valence-electron chi connectivity index (χ4n) is 1.60. The van der Waals surface area contributed by atoms with Crippen molar-refractivity contribution in [3.05, 3.63) is 33.2 Å². The van der Waals surface area contributed by atoms with Crippen LogP contribution in [0.25, 0.3) is 0 Å². The highest BCUT2D eigenvalue weighted by molar-refractivity contribution is 9.10. The molecule has 1 aliphatic rings. The first kappa shape index (κ1) is 12.8. The maximum Gasteiger partial charge on any atom is 0.329 e. The number of hydrogen-bond donors (Lipinski definition) is 2. The van der Waals surface area contributed by atoms with Crippen molar-refractivity contribution in [2.75, 3.05) is 0 Å². The van der Waals surface area contributed by atoms with E-state index >= 15 is 0 Å². The highest BCUT2D eigenvalue weighted by Gasteiger charge is 2.51. The maximum absolute atomic E-state index is 11.7. The quantitative estimate of drug-likeness (QED) is 0.839. The van der Waals surface area contributed by atoms with Gasteiger partial charge in [-0.05, 0) is 34.8 Å². The van der Waals surface area contributed by atoms with Crippen LogP contribution in [-0.2, 0) is 16.1 Å². The number of carbonyl (C=O) groups excluding carboxylic acids is 1. The second-order valence-corrected chi connectivity index (χ2v) is 5.16. The number of aromatic nitrogens is 1. The molecule has 0 unspecified atom stereocenters. The number of halogens is 1. The van der Waals surface area contributed by atoms with Gasteiger partial charge in [0.25, 0.3) is 5.56 Å². The Morgan fingerprint density at radius 3 is 2.67 bits per heavy atom. The molecule has 0 aliphatic heterocycles. The minimum Gasteiger partial charge on any atom is -0.480 e. The van der Waals surface area contributed by atoms with E-state index in [9.17, 15) is 14.4 Å². The Bertz CT molecular complexity index is 562. The zero-order valence-corrected chi connectivity index (χ0v) is 10.9. The van der Waals surface area contributed by atoms with Crippen LogP contribution in [0, 0.1) is 0 Å². The van der Waals surface area contributed by atoms with Crippen LogP contribution in [0.4, 0.5) is 0 Å². The first-order chi connectivity index (χ1) is 8.43. The number of nitrogens with one attached hydrogen (secondary N) is 1. The minimum absolute atomic E-state index is 0.187. The zero-order chi connectivity index (χ0) is 13.3. The molecule has 2 rings (SSSR count). The first-order valence-electron chi connectivity index (χ1n) is 5.33. The van der Waals surface area contributed by atoms with E-state index in [0.717, 1.165) is 0 Å². The van der Waals surface area contributed by atoms with Crippen LogP contribution in [0.15, 0.2) is 27.6 Å². The molecule has 7 heteroatoms. The van der Waals surface area contributed by atoms with Gasteiger partial charge in [0.2, 0.25) is 5.91 Å². The Morgan fingerprint density at radius 1 is 1.44 bits per heavy atom. The van der Waals surface area contributed by atoms with Gasteiger partial charge in [0.1, 0.15) is 12.1 Å². The SMILES string of the molecule is O=C(Cn1cc(Br)ccc1=O)NC1(C(=O)O)CC1. The van der Waals surface area contributed by atoms with E-state index in [1.54, 1.807) is 6.07 Å². The van der Waals surface area contributed by atoms with Crippen molar-refractivity contribution in [3.8, 4) is 0 Å². The van der Waals surface area contributed by atoms with Crippen molar-refractivity contribution in [2.45, 2.75) is 24.9 Å². The summed E-state index contributed by atoms with van der Waals surface area (Å²) >= 11 is 3.20. The lowest BCUT2D eigenvalue weighted by Gasteiger charge is -2.13. The number of nitrogens with zero attached hydrogens (tertiary/aromatic N) is 1. The number of carboxylic acids is 1. The molecular weight excluding hydrogens is 304 g/mol. The number of carboxylic acid groups (broad SMARTS) is 1. The van der Waals surface area contributed by atoms with Crippen LogP contribution in [0.3, 0.4) is 0 Å². The fraction of sp³-hybridized carbons (Fsp3) is 0.364. The van der Waals surface area contributed by atoms with Crippen LogP contribution in [0.2, 0.25) is 0 Å². The number of rotatable bonds is 4. The first-order valence-corrected chi connectivity index (χ1v) is 6.13. The number of carbonyl (C=O) groups is 2. The minimum atomic E-state index is -1.12. The monoisotopic (exact) mass is 314 g/mol. The summed E-state index contributed by atoms with van der Waals surface area (Å²) in [4.78, 5) is 34.1. The summed E-state index contributed by atoms with van der Waals surface area (Å²) in [6.45, 7) is -0.187. The van der Waals surface area contributed by atoms with E-state index < -0.39 is 17.4 Å². The van der Waals surface area contributed by atoms with E-state index in [-0.39, 0.29) is 12.1 Å². The highest BCUT2D eigenvalue weighted by atomic mass is 79.9. The average molecular weight is 315 g/mol. The molecule has 96 valence electrons. The van der Waals surface area contributed by atoms with Crippen molar-refractivity contribution in [1.82, 2.24) is 9.88 Å². The van der Waals surface area contributed by atoms with Crippen LogP contribution in [0.1, 0.15) is 12.8 Å². The largest absolute Gasteiger partial charge is 0.480 e. The Morgan fingerprint density at radius 2 is 2.11 bits per heavy atom. The molecule has 18 heavy (non-hydrogen) atoms. The third-order valence-electron chi connectivity index (χ3n) is 2.80. The predicted octanol–water partition coefficient (Wildman–Crippen LogP) is 0.344. The fourth-order valence-corrected chi connectivity index (χ4v) is 1.98. The van der Waals surface area contributed by atoms with Crippen LogP contribution < -0.4 is 10.9 Å². The summed E-state index contributed by atoms with van der Waals surface area (Å²) < 4.78 is 1.89. The van der Waals surface area contributed by atoms with E-state index in [1.807, 2.05) is 0 Å². The molecule has 1 amide bonds. The van der Waals surface area contributed by atoms with E-state index in [4.69, 9.17) is 5.11 Å². The smallest absolute Gasteiger partial charge is 0.329 e. The molecule has 1 aromatic rings. The lowest BCUT2D eigenvalue weighted by atomic mass is 10.3. The molecule has 0 atom stereocenters. The number of amides is 1. The molecule has 6 nitrogen and oxygen atoms in total. The molecule has 0 aromatic carbocycles. The summed E-state index contributed by atoms with van der Waals surface area (Å²) in [5.41, 5.74) is -1.43. The van der Waals surface area contributed by atoms with Crippen LogP contribution >= 0.6 is 15.9 Å². The number of pyridine rings is 1. The predicted molar refractivity (Wildman–Crippen MR) is 66.1 cm³/mol. The van der Waals surface area contributed by atoms with E-state index in [2.05, 4.69) is 21.2 Å². The second kappa shape index (κ2) is 4.56. The Labute approximate surface area is 111 Å². The van der Waals surface area contributed by atoms with Gasteiger partial charge in [-0.1, -0.05) is 0 Å². The second-order valence-electron chi connectivity index (χ2n) is 4.25. The van der Waals surface area contributed by atoms with Gasteiger partial charge in [-0.15, -0.1) is 0 Å². The Kier molecular flexibility index (Phi) is 3.25. The summed E-state index contributed by atoms with van der Waals surface area (Å²) in [5, 5.41) is 11.4. The van der Waals surface area contributed by atoms with Gasteiger partial charge in [0.05, 0.1) is 0 Å². The van der Waals surface area contributed by atoms with Crippen LogP contribution in [0.5, 0.6) is 0 Å². The van der Waals surface area contributed by atoms with Crippen molar-refractivity contribution in [2.24, 2.45) is 0 Å². The van der Waals surface area contributed by atoms with Crippen molar-refractivity contribution < 1.29 is 14.7 Å². The average Bonchev–Trinajstić information content (AvgIpc) is 3.04. The molecule has 0 spiro atoms. The van der Waals surface area contributed by atoms with Crippen molar-refractivity contribution >= 4 is 27.8 Å². The molecule has 0 bridgehead atoms. The molecule has 0 saturated heterocycles. The topological polar surface area (TPSA) is 88.4 Å². The molecule has 1 fully saturated rings. The zero-order valence-electron chi connectivity index (χ0n) is 9.35. The van der Waals surface area contributed by atoms with Gasteiger partial charge in [-0.3, -0.25) is 9.59 Å². The third-order valence-corrected chi connectivity index (χ3v) is 3.27. The van der Waals surface area contributed by atoms with E-state index in [1.165, 1.54) is 16.8 Å². The summed E-state index contributed by atoms with van der Waals surface area (Å²) in [7, 11) is 0. The Balaban J connectivity index is 2.06. The van der Waals surface area contributed by atoms with Gasteiger partial charge >= 0.3 is 5.97 Å². The summed E-state index contributed by atoms with van der Waals surface area (Å²) in [6.07, 6.45) is 2.35. The third kappa shape index (κ3) is 2.61. The van der Waals surface area contributed by atoms with Gasteiger partial charge < -0.3 is 15.0 Å². The lowest BCUT2D eigenvalue weighted by Crippen LogP contribution is -2.45.